The number of thiophene rings is 1. The summed E-state index contributed by atoms with van der Waals surface area (Å²) in [5, 5.41) is 3.94. The SMILES string of the molecule is Nc1cc(F)ccc1Nc1ccc(Cl)s1. The quantitative estimate of drug-likeness (QED) is 0.785. The predicted molar refractivity (Wildman–Crippen MR) is 63.4 cm³/mol. The number of nitrogens with two attached hydrogens (primary N) is 1. The van der Waals surface area contributed by atoms with Crippen LogP contribution in [0, 0.1) is 5.82 Å². The molecule has 15 heavy (non-hydrogen) atoms. The van der Waals surface area contributed by atoms with E-state index in [-0.39, 0.29) is 5.82 Å². The van der Waals surface area contributed by atoms with Gasteiger partial charge in [-0.05, 0) is 30.3 Å². The van der Waals surface area contributed by atoms with Crippen LogP contribution < -0.4 is 11.1 Å². The Hall–Kier alpha value is -1.26. The third-order valence-corrected chi connectivity index (χ3v) is 2.99. The summed E-state index contributed by atoms with van der Waals surface area (Å²) >= 11 is 7.18. The van der Waals surface area contributed by atoms with Gasteiger partial charge in [-0.15, -0.1) is 11.3 Å². The molecule has 0 aliphatic rings. The van der Waals surface area contributed by atoms with Gasteiger partial charge in [-0.25, -0.2) is 4.39 Å². The van der Waals surface area contributed by atoms with Crippen LogP contribution in [0.3, 0.4) is 0 Å². The van der Waals surface area contributed by atoms with Gasteiger partial charge in [0.05, 0.1) is 20.7 Å². The van der Waals surface area contributed by atoms with Crippen molar-refractivity contribution >= 4 is 39.3 Å². The van der Waals surface area contributed by atoms with E-state index in [0.717, 1.165) is 5.00 Å². The van der Waals surface area contributed by atoms with Gasteiger partial charge >= 0.3 is 0 Å². The fourth-order valence-corrected chi connectivity index (χ4v) is 2.12. The highest BCUT2D eigenvalue weighted by Gasteiger charge is 2.02. The summed E-state index contributed by atoms with van der Waals surface area (Å²) < 4.78 is 13.5. The molecule has 0 amide bonds. The number of benzene rings is 1. The maximum Gasteiger partial charge on any atom is 0.125 e. The molecule has 5 heteroatoms. The van der Waals surface area contributed by atoms with E-state index >= 15 is 0 Å². The second-order valence-electron chi connectivity index (χ2n) is 2.96. The lowest BCUT2D eigenvalue weighted by Crippen LogP contribution is -1.95. The number of hydrogen-bond acceptors (Lipinski definition) is 3. The Kier molecular flexibility index (Phi) is 2.79. The summed E-state index contributed by atoms with van der Waals surface area (Å²) in [6.45, 7) is 0. The van der Waals surface area contributed by atoms with Crippen molar-refractivity contribution in [2.45, 2.75) is 0 Å². The molecule has 2 aromatic rings. The molecule has 0 saturated carbocycles. The number of rotatable bonds is 2. The van der Waals surface area contributed by atoms with Gasteiger partial charge in [0, 0.05) is 0 Å². The molecular formula is C10H8ClFN2S. The minimum Gasteiger partial charge on any atom is -0.397 e. The highest BCUT2D eigenvalue weighted by Crippen LogP contribution is 2.31. The molecule has 2 nitrogen and oxygen atoms in total. The van der Waals surface area contributed by atoms with Crippen LogP contribution in [0.5, 0.6) is 0 Å². The van der Waals surface area contributed by atoms with Crippen LogP contribution in [-0.4, -0.2) is 0 Å². The first-order valence-electron chi connectivity index (χ1n) is 4.22. The maximum absolute atomic E-state index is 12.8. The molecule has 2 rings (SSSR count). The zero-order chi connectivity index (χ0) is 10.8. The van der Waals surface area contributed by atoms with Crippen molar-refractivity contribution in [3.8, 4) is 0 Å². The summed E-state index contributed by atoms with van der Waals surface area (Å²) in [7, 11) is 0. The Balaban J connectivity index is 2.24. The lowest BCUT2D eigenvalue weighted by Gasteiger charge is -2.06. The lowest BCUT2D eigenvalue weighted by molar-refractivity contribution is 0.628. The van der Waals surface area contributed by atoms with Gasteiger partial charge < -0.3 is 11.1 Å². The molecule has 0 unspecified atom stereocenters. The van der Waals surface area contributed by atoms with Crippen LogP contribution >= 0.6 is 22.9 Å². The average molecular weight is 243 g/mol. The normalized spacial score (nSPS) is 10.3. The zero-order valence-electron chi connectivity index (χ0n) is 7.63. The number of nitrogen functional groups attached to an aromatic ring is 1. The fourth-order valence-electron chi connectivity index (χ4n) is 1.16. The molecule has 0 fully saturated rings. The predicted octanol–water partition coefficient (Wildman–Crippen LogP) is 3.87. The summed E-state index contributed by atoms with van der Waals surface area (Å²) in [4.78, 5) is 0. The smallest absolute Gasteiger partial charge is 0.125 e. The van der Waals surface area contributed by atoms with Gasteiger partial charge in [0.25, 0.3) is 0 Å². The van der Waals surface area contributed by atoms with Crippen molar-refractivity contribution in [1.29, 1.82) is 0 Å². The minimum absolute atomic E-state index is 0.345. The van der Waals surface area contributed by atoms with Gasteiger partial charge in [0.15, 0.2) is 0 Å². The Bertz CT molecular complexity index is 484. The summed E-state index contributed by atoms with van der Waals surface area (Å²) in [6, 6.07) is 7.85. The molecule has 0 bridgehead atoms. The second kappa shape index (κ2) is 4.08. The van der Waals surface area contributed by atoms with Crippen molar-refractivity contribution < 1.29 is 4.39 Å². The van der Waals surface area contributed by atoms with E-state index in [2.05, 4.69) is 5.32 Å². The maximum atomic E-state index is 12.8. The van der Waals surface area contributed by atoms with Crippen molar-refractivity contribution in [1.82, 2.24) is 0 Å². The van der Waals surface area contributed by atoms with Crippen LogP contribution in [0.25, 0.3) is 0 Å². The first-order valence-corrected chi connectivity index (χ1v) is 5.42. The molecule has 0 radical (unpaired) electrons. The first kappa shape index (κ1) is 10.3. The van der Waals surface area contributed by atoms with Crippen LogP contribution in [0.2, 0.25) is 4.34 Å². The molecule has 78 valence electrons. The topological polar surface area (TPSA) is 38.0 Å². The zero-order valence-corrected chi connectivity index (χ0v) is 9.20. The highest BCUT2D eigenvalue weighted by atomic mass is 35.5. The Morgan fingerprint density at radius 3 is 2.67 bits per heavy atom. The number of anilines is 3. The van der Waals surface area contributed by atoms with E-state index in [9.17, 15) is 4.39 Å². The lowest BCUT2D eigenvalue weighted by atomic mass is 10.2. The molecule has 0 aliphatic carbocycles. The van der Waals surface area contributed by atoms with Crippen molar-refractivity contribution in [3.63, 3.8) is 0 Å². The average Bonchev–Trinajstić information content (AvgIpc) is 2.56. The second-order valence-corrected chi connectivity index (χ2v) is 4.68. The van der Waals surface area contributed by atoms with E-state index in [1.54, 1.807) is 12.1 Å². The van der Waals surface area contributed by atoms with Crippen LogP contribution in [0.15, 0.2) is 30.3 Å². The summed E-state index contributed by atoms with van der Waals surface area (Å²) in [6.07, 6.45) is 0. The molecule has 0 saturated heterocycles. The van der Waals surface area contributed by atoms with Gasteiger partial charge in [-0.1, -0.05) is 11.6 Å². The summed E-state index contributed by atoms with van der Waals surface area (Å²) in [5.74, 6) is -0.345. The van der Waals surface area contributed by atoms with Crippen molar-refractivity contribution in [2.24, 2.45) is 0 Å². The van der Waals surface area contributed by atoms with Gasteiger partial charge in [0.2, 0.25) is 0 Å². The molecule has 0 atom stereocenters. The number of hydrogen-bond donors (Lipinski definition) is 2. The van der Waals surface area contributed by atoms with E-state index in [4.69, 9.17) is 17.3 Å². The molecule has 1 heterocycles. The van der Waals surface area contributed by atoms with E-state index in [0.29, 0.717) is 15.7 Å². The van der Waals surface area contributed by atoms with Gasteiger partial charge in [-0.3, -0.25) is 0 Å². The van der Waals surface area contributed by atoms with Gasteiger partial charge in [-0.2, -0.15) is 0 Å². The molecule has 1 aromatic carbocycles. The molecule has 0 spiro atoms. The van der Waals surface area contributed by atoms with Crippen LogP contribution in [0.4, 0.5) is 20.8 Å². The van der Waals surface area contributed by atoms with Crippen LogP contribution in [-0.2, 0) is 0 Å². The Labute approximate surface area is 95.5 Å². The fraction of sp³-hybridized carbons (Fsp3) is 0. The highest BCUT2D eigenvalue weighted by molar-refractivity contribution is 7.19. The standard InChI is InChI=1S/C10H8ClFN2S/c11-9-3-4-10(15-9)14-8-2-1-6(12)5-7(8)13/h1-5,14H,13H2. The van der Waals surface area contributed by atoms with E-state index in [1.165, 1.54) is 23.5 Å². The van der Waals surface area contributed by atoms with Crippen molar-refractivity contribution in [3.05, 3.63) is 40.5 Å². The van der Waals surface area contributed by atoms with Crippen molar-refractivity contribution in [2.75, 3.05) is 11.1 Å². The first-order chi connectivity index (χ1) is 7.15. The summed E-state index contributed by atoms with van der Waals surface area (Å²) in [5.41, 5.74) is 6.70. The molecule has 0 aliphatic heterocycles. The number of nitrogens with one attached hydrogen (secondary N) is 1. The van der Waals surface area contributed by atoms with E-state index in [1.807, 2.05) is 6.07 Å². The largest absolute Gasteiger partial charge is 0.397 e. The monoisotopic (exact) mass is 242 g/mol. The molecular weight excluding hydrogens is 235 g/mol. The van der Waals surface area contributed by atoms with E-state index < -0.39 is 0 Å². The minimum atomic E-state index is -0.345. The Morgan fingerprint density at radius 1 is 1.27 bits per heavy atom. The third kappa shape index (κ3) is 2.40. The Morgan fingerprint density at radius 2 is 2.07 bits per heavy atom. The molecule has 3 N–H and O–H groups in total. The van der Waals surface area contributed by atoms with Crippen LogP contribution in [0.1, 0.15) is 0 Å². The van der Waals surface area contributed by atoms with Gasteiger partial charge in [0.1, 0.15) is 5.82 Å². The molecule has 1 aromatic heterocycles. The number of halogens is 2. The third-order valence-electron chi connectivity index (χ3n) is 1.84.